The van der Waals surface area contributed by atoms with E-state index in [4.69, 9.17) is 9.47 Å². The molecule has 0 bridgehead atoms. The van der Waals surface area contributed by atoms with Gasteiger partial charge in [-0.15, -0.1) is 0 Å². The average molecular weight is 411 g/mol. The van der Waals surface area contributed by atoms with Crippen molar-refractivity contribution in [3.05, 3.63) is 65.2 Å². The number of hydrogen-bond donors (Lipinski definition) is 2. The summed E-state index contributed by atoms with van der Waals surface area (Å²) >= 11 is 0. The lowest BCUT2D eigenvalue weighted by Gasteiger charge is -2.25. The maximum atomic E-state index is 12.9. The van der Waals surface area contributed by atoms with E-state index in [9.17, 15) is 19.8 Å². The number of ether oxygens (including phenoxy) is 2. The molecule has 0 radical (unpaired) electrons. The second-order valence-corrected chi connectivity index (χ2v) is 7.27. The number of phenols is 1. The van der Waals surface area contributed by atoms with E-state index in [1.54, 1.807) is 36.4 Å². The minimum atomic E-state index is -0.845. The Morgan fingerprint density at radius 3 is 2.53 bits per heavy atom. The van der Waals surface area contributed by atoms with Crippen LogP contribution < -0.4 is 4.74 Å². The van der Waals surface area contributed by atoms with E-state index < -0.39 is 17.7 Å². The van der Waals surface area contributed by atoms with Gasteiger partial charge in [0.15, 0.2) is 0 Å². The Labute approximate surface area is 175 Å². The second kappa shape index (κ2) is 9.00. The predicted octanol–water partition coefficient (Wildman–Crippen LogP) is 3.25. The summed E-state index contributed by atoms with van der Waals surface area (Å²) in [5.41, 5.74) is 0.841. The zero-order valence-corrected chi connectivity index (χ0v) is 17.2. The molecule has 1 saturated heterocycles. The number of aliphatic hydroxyl groups excluding tert-OH is 1. The zero-order valence-electron chi connectivity index (χ0n) is 17.2. The van der Waals surface area contributed by atoms with Gasteiger partial charge in [0, 0.05) is 19.2 Å². The minimum Gasteiger partial charge on any atom is -0.508 e. The van der Waals surface area contributed by atoms with E-state index in [1.807, 2.05) is 13.8 Å². The molecular formula is C23H25NO6. The fourth-order valence-corrected chi connectivity index (χ4v) is 3.49. The lowest BCUT2D eigenvalue weighted by Crippen LogP contribution is -2.32. The van der Waals surface area contributed by atoms with Crippen molar-refractivity contribution in [2.24, 2.45) is 0 Å². The van der Waals surface area contributed by atoms with Gasteiger partial charge in [0.2, 0.25) is 0 Å². The Balaban J connectivity index is 2.13. The molecule has 2 aromatic rings. The summed E-state index contributed by atoms with van der Waals surface area (Å²) in [6, 6.07) is 12.2. The van der Waals surface area contributed by atoms with E-state index in [1.165, 1.54) is 24.1 Å². The minimum absolute atomic E-state index is 0.00263. The lowest BCUT2D eigenvalue weighted by molar-refractivity contribution is -0.140. The summed E-state index contributed by atoms with van der Waals surface area (Å²) in [6.45, 7) is 4.15. The number of carbonyl (C=O) groups is 2. The van der Waals surface area contributed by atoms with Crippen molar-refractivity contribution in [2.45, 2.75) is 26.0 Å². The van der Waals surface area contributed by atoms with Gasteiger partial charge in [0.25, 0.3) is 11.7 Å². The molecule has 7 nitrogen and oxygen atoms in total. The third kappa shape index (κ3) is 4.31. The standard InChI is InChI=1S/C23H25NO6/c1-14(2)30-18-9-5-7-16(13-18)21(26)19-20(15-6-4-8-17(25)12-15)24(10-11-29-3)23(28)22(19)27/h4-9,12-14,20,25-26H,10-11H2,1-3H3/b21-19-. The van der Waals surface area contributed by atoms with Gasteiger partial charge in [0.1, 0.15) is 17.3 Å². The highest BCUT2D eigenvalue weighted by atomic mass is 16.5. The van der Waals surface area contributed by atoms with Crippen LogP contribution in [0.4, 0.5) is 0 Å². The highest BCUT2D eigenvalue weighted by molar-refractivity contribution is 6.46. The largest absolute Gasteiger partial charge is 0.508 e. The van der Waals surface area contributed by atoms with Gasteiger partial charge in [-0.1, -0.05) is 24.3 Å². The number of methoxy groups -OCH3 is 1. The number of phenolic OH excluding ortho intramolecular Hbond substituents is 1. The van der Waals surface area contributed by atoms with Crippen LogP contribution in [0.2, 0.25) is 0 Å². The van der Waals surface area contributed by atoms with E-state index in [0.29, 0.717) is 16.9 Å². The van der Waals surface area contributed by atoms with Gasteiger partial charge < -0.3 is 24.6 Å². The summed E-state index contributed by atoms with van der Waals surface area (Å²) in [6.07, 6.45) is -0.0608. The number of Topliss-reactive ketones (excluding diaryl/α,β-unsaturated/α-hetero) is 1. The number of carbonyl (C=O) groups excluding carboxylic acids is 2. The summed E-state index contributed by atoms with van der Waals surface area (Å²) in [4.78, 5) is 27.0. The molecule has 1 aliphatic heterocycles. The molecule has 0 aromatic heterocycles. The summed E-state index contributed by atoms with van der Waals surface area (Å²) in [7, 11) is 1.50. The molecule has 3 rings (SSSR count). The first-order valence-corrected chi connectivity index (χ1v) is 9.67. The summed E-state index contributed by atoms with van der Waals surface area (Å²) in [5, 5.41) is 21.0. The van der Waals surface area contributed by atoms with Crippen molar-refractivity contribution in [3.8, 4) is 11.5 Å². The van der Waals surface area contributed by atoms with Crippen LogP contribution in [0.3, 0.4) is 0 Å². The zero-order chi connectivity index (χ0) is 21.8. The molecule has 1 atom stereocenters. The van der Waals surface area contributed by atoms with Crippen molar-refractivity contribution in [3.63, 3.8) is 0 Å². The third-order valence-corrected chi connectivity index (χ3v) is 4.74. The third-order valence-electron chi connectivity index (χ3n) is 4.74. The van der Waals surface area contributed by atoms with Crippen molar-refractivity contribution >= 4 is 17.4 Å². The lowest BCUT2D eigenvalue weighted by atomic mass is 9.95. The number of hydrogen-bond acceptors (Lipinski definition) is 6. The van der Waals surface area contributed by atoms with E-state index in [-0.39, 0.29) is 36.3 Å². The molecule has 158 valence electrons. The second-order valence-electron chi connectivity index (χ2n) is 7.27. The number of likely N-dealkylation sites (tertiary alicyclic amines) is 1. The topological polar surface area (TPSA) is 96.3 Å². The molecule has 30 heavy (non-hydrogen) atoms. The molecule has 2 aromatic carbocycles. The fraction of sp³-hybridized carbons (Fsp3) is 0.304. The normalized spacial score (nSPS) is 18.3. The Morgan fingerprint density at radius 2 is 1.87 bits per heavy atom. The Morgan fingerprint density at radius 1 is 1.13 bits per heavy atom. The van der Waals surface area contributed by atoms with Gasteiger partial charge in [-0.05, 0) is 43.7 Å². The Bertz CT molecular complexity index is 981. The number of rotatable bonds is 7. The van der Waals surface area contributed by atoms with Gasteiger partial charge in [-0.2, -0.15) is 0 Å². The molecule has 1 aliphatic rings. The van der Waals surface area contributed by atoms with Crippen molar-refractivity contribution < 1.29 is 29.3 Å². The van der Waals surface area contributed by atoms with Crippen molar-refractivity contribution in [1.29, 1.82) is 0 Å². The maximum Gasteiger partial charge on any atom is 0.295 e. The number of aliphatic hydroxyl groups is 1. The van der Waals surface area contributed by atoms with Crippen LogP contribution in [0.25, 0.3) is 5.76 Å². The van der Waals surface area contributed by atoms with Gasteiger partial charge in [-0.25, -0.2) is 0 Å². The van der Waals surface area contributed by atoms with Crippen LogP contribution >= 0.6 is 0 Å². The van der Waals surface area contributed by atoms with Crippen LogP contribution in [0, 0.1) is 0 Å². The van der Waals surface area contributed by atoms with Crippen LogP contribution in [0.5, 0.6) is 11.5 Å². The molecule has 1 amide bonds. The highest BCUT2D eigenvalue weighted by Gasteiger charge is 2.46. The van der Waals surface area contributed by atoms with Gasteiger partial charge >= 0.3 is 0 Å². The molecule has 1 heterocycles. The summed E-state index contributed by atoms with van der Waals surface area (Å²) in [5.74, 6) is -1.27. The Hall–Kier alpha value is -3.32. The van der Waals surface area contributed by atoms with E-state index in [0.717, 1.165) is 0 Å². The van der Waals surface area contributed by atoms with Crippen LogP contribution in [-0.2, 0) is 14.3 Å². The van der Waals surface area contributed by atoms with Crippen LogP contribution in [0.15, 0.2) is 54.1 Å². The molecule has 7 heteroatoms. The first kappa shape index (κ1) is 21.4. The van der Waals surface area contributed by atoms with Gasteiger partial charge in [0.05, 0.1) is 24.3 Å². The van der Waals surface area contributed by atoms with Crippen LogP contribution in [-0.4, -0.2) is 53.2 Å². The molecule has 1 unspecified atom stereocenters. The van der Waals surface area contributed by atoms with Crippen LogP contribution in [0.1, 0.15) is 31.0 Å². The quantitative estimate of drug-likeness (QED) is 0.413. The molecule has 0 saturated carbocycles. The molecule has 0 aliphatic carbocycles. The Kier molecular flexibility index (Phi) is 6.42. The monoisotopic (exact) mass is 411 g/mol. The predicted molar refractivity (Wildman–Crippen MR) is 111 cm³/mol. The summed E-state index contributed by atoms with van der Waals surface area (Å²) < 4.78 is 10.8. The molecule has 1 fully saturated rings. The maximum absolute atomic E-state index is 12.9. The van der Waals surface area contributed by atoms with Gasteiger partial charge in [-0.3, -0.25) is 9.59 Å². The van der Waals surface area contributed by atoms with E-state index >= 15 is 0 Å². The van der Waals surface area contributed by atoms with Crippen molar-refractivity contribution in [2.75, 3.05) is 20.3 Å². The number of benzene rings is 2. The SMILES string of the molecule is COCCN1C(=O)C(=O)/C(=C(\O)c2cccc(OC(C)C)c2)C1c1cccc(O)c1. The number of amides is 1. The number of aromatic hydroxyl groups is 1. The molecule has 2 N–H and O–H groups in total. The number of nitrogens with zero attached hydrogens (tertiary/aromatic N) is 1. The highest BCUT2D eigenvalue weighted by Crippen LogP contribution is 2.40. The molecule has 0 spiro atoms. The molecular weight excluding hydrogens is 386 g/mol. The smallest absolute Gasteiger partial charge is 0.295 e. The average Bonchev–Trinajstić information content (AvgIpc) is 2.96. The fourth-order valence-electron chi connectivity index (χ4n) is 3.49. The van der Waals surface area contributed by atoms with E-state index in [2.05, 4.69) is 0 Å². The van der Waals surface area contributed by atoms with Crippen molar-refractivity contribution in [1.82, 2.24) is 4.90 Å². The first-order chi connectivity index (χ1) is 14.3. The first-order valence-electron chi connectivity index (χ1n) is 9.67. The number of ketones is 1.